The Morgan fingerprint density at radius 2 is 1.38 bits per heavy atom. The molecule has 1 aromatic rings. The van der Waals surface area contributed by atoms with E-state index in [-0.39, 0.29) is 0 Å². The molecule has 0 fully saturated rings. The lowest BCUT2D eigenvalue weighted by molar-refractivity contribution is 0.397. The molecule has 1 rings (SSSR count). The topological polar surface area (TPSA) is 58.9 Å². The highest BCUT2D eigenvalue weighted by Crippen LogP contribution is 2.20. The van der Waals surface area contributed by atoms with Gasteiger partial charge in [-0.1, -0.05) is 24.3 Å². The molecule has 0 aliphatic carbocycles. The van der Waals surface area contributed by atoms with Crippen molar-refractivity contribution in [2.45, 2.75) is 45.8 Å². The zero-order valence-electron chi connectivity index (χ0n) is 14.1. The van der Waals surface area contributed by atoms with Crippen molar-refractivity contribution >= 4 is 43.0 Å². The predicted octanol–water partition coefficient (Wildman–Crippen LogP) is 1.35. The minimum Gasteiger partial charge on any atom is -0.437 e. The van der Waals surface area contributed by atoms with E-state index in [1.54, 1.807) is 6.07 Å². The Morgan fingerprint density at radius 3 is 1.86 bits per heavy atom. The van der Waals surface area contributed by atoms with E-state index in [1.807, 2.05) is 18.2 Å². The molecule has 0 aliphatic heterocycles. The average Bonchev–Trinajstić information content (AvgIpc) is 2.23. The van der Waals surface area contributed by atoms with Crippen LogP contribution in [-0.2, 0) is 8.23 Å². The summed E-state index contributed by atoms with van der Waals surface area (Å²) in [6.45, 7) is 14.8. The van der Waals surface area contributed by atoms with Crippen LogP contribution < -0.4 is 10.6 Å². The van der Waals surface area contributed by atoms with Gasteiger partial charge in [0.2, 0.25) is 8.32 Å². The second-order valence-corrected chi connectivity index (χ2v) is 19.4. The fourth-order valence-corrected chi connectivity index (χ4v) is 15.9. The molecule has 0 radical (unpaired) electrons. The molecule has 0 saturated carbocycles. The molecule has 0 amide bonds. The fraction of sp³-hybridized carbons (Fsp3) is 0.538. The van der Waals surface area contributed by atoms with Crippen molar-refractivity contribution in [3.63, 3.8) is 0 Å². The van der Waals surface area contributed by atoms with E-state index in [4.69, 9.17) is 8.23 Å². The van der Waals surface area contributed by atoms with Gasteiger partial charge in [0.1, 0.15) is 0 Å². The van der Waals surface area contributed by atoms with Crippen LogP contribution in [0.3, 0.4) is 0 Å². The van der Waals surface area contributed by atoms with E-state index in [0.29, 0.717) is 5.46 Å². The van der Waals surface area contributed by atoms with E-state index in [9.17, 15) is 10.0 Å². The zero-order chi connectivity index (χ0) is 16.5. The van der Waals surface area contributed by atoms with Gasteiger partial charge in [-0.15, -0.1) is 0 Å². The Morgan fingerprint density at radius 1 is 0.857 bits per heavy atom. The van der Waals surface area contributed by atoms with Gasteiger partial charge in [-0.3, -0.25) is 0 Å². The molecule has 0 aliphatic rings. The predicted molar refractivity (Wildman–Crippen MR) is 96.4 cm³/mol. The van der Waals surface area contributed by atoms with Crippen LogP contribution in [0.1, 0.15) is 0 Å². The van der Waals surface area contributed by atoms with Crippen molar-refractivity contribution < 1.29 is 18.3 Å². The van der Waals surface area contributed by atoms with Gasteiger partial charge in [-0.05, 0) is 56.5 Å². The molecule has 118 valence electrons. The maximum atomic E-state index is 9.56. The van der Waals surface area contributed by atoms with Gasteiger partial charge < -0.3 is 18.3 Å². The first kappa shape index (κ1) is 18.8. The van der Waals surface area contributed by atoms with Gasteiger partial charge >= 0.3 is 15.7 Å². The molecule has 2 N–H and O–H groups in total. The Kier molecular flexibility index (Phi) is 5.82. The number of benzene rings is 1. The molecule has 0 spiro atoms. The SMILES string of the molecule is C[Si](C)(C)O[Si](C)(C)O[Si](C)(C)c1ccccc1B(O)O. The highest BCUT2D eigenvalue weighted by Gasteiger charge is 2.40. The Balaban J connectivity index is 3.07. The molecule has 0 heterocycles. The van der Waals surface area contributed by atoms with Crippen LogP contribution in [-0.4, -0.2) is 42.4 Å². The maximum Gasteiger partial charge on any atom is 0.488 e. The number of hydrogen-bond acceptors (Lipinski definition) is 4. The zero-order valence-corrected chi connectivity index (χ0v) is 17.1. The smallest absolute Gasteiger partial charge is 0.437 e. The quantitative estimate of drug-likeness (QED) is 0.766. The van der Waals surface area contributed by atoms with Crippen LogP contribution in [0.5, 0.6) is 0 Å². The van der Waals surface area contributed by atoms with E-state index in [0.717, 1.165) is 5.19 Å². The van der Waals surface area contributed by atoms with Crippen molar-refractivity contribution in [1.29, 1.82) is 0 Å². The third-order valence-electron chi connectivity index (χ3n) is 2.94. The van der Waals surface area contributed by atoms with Crippen molar-refractivity contribution in [1.82, 2.24) is 0 Å². The lowest BCUT2D eigenvalue weighted by atomic mass is 9.80. The molecule has 21 heavy (non-hydrogen) atoms. The summed E-state index contributed by atoms with van der Waals surface area (Å²) in [6.07, 6.45) is 0. The summed E-state index contributed by atoms with van der Waals surface area (Å²) in [4.78, 5) is 0. The van der Waals surface area contributed by atoms with Crippen molar-refractivity contribution in [3.8, 4) is 0 Å². The number of rotatable bonds is 6. The largest absolute Gasteiger partial charge is 0.488 e. The fourth-order valence-electron chi connectivity index (χ4n) is 2.70. The normalized spacial score (nSPS) is 13.4. The van der Waals surface area contributed by atoms with Crippen LogP contribution in [0.2, 0.25) is 45.8 Å². The second-order valence-electron chi connectivity index (χ2n) is 7.19. The lowest BCUT2D eigenvalue weighted by Crippen LogP contribution is -2.61. The standard InChI is InChI=1S/C13H27BO4Si3/c1-19(2,3)17-21(6,7)18-20(4,5)13-11-9-8-10-12(13)14(15)16/h8-11,15-16H,1-7H3. The summed E-state index contributed by atoms with van der Waals surface area (Å²) in [5, 5.41) is 20.0. The summed E-state index contributed by atoms with van der Waals surface area (Å²) in [7, 11) is -7.68. The van der Waals surface area contributed by atoms with Crippen molar-refractivity contribution in [2.75, 3.05) is 0 Å². The van der Waals surface area contributed by atoms with Crippen LogP contribution >= 0.6 is 0 Å². The molecular weight excluding hydrogens is 315 g/mol. The van der Waals surface area contributed by atoms with Gasteiger partial charge in [-0.2, -0.15) is 0 Å². The number of hydrogen-bond donors (Lipinski definition) is 2. The molecule has 0 atom stereocenters. The average molecular weight is 342 g/mol. The van der Waals surface area contributed by atoms with E-state index < -0.39 is 32.3 Å². The minimum absolute atomic E-state index is 0.534. The molecule has 0 aromatic heterocycles. The van der Waals surface area contributed by atoms with Crippen LogP contribution in [0.4, 0.5) is 0 Å². The van der Waals surface area contributed by atoms with Crippen LogP contribution in [0.15, 0.2) is 24.3 Å². The van der Waals surface area contributed by atoms with Gasteiger partial charge in [0, 0.05) is 0 Å². The summed E-state index contributed by atoms with van der Waals surface area (Å²) in [5.41, 5.74) is 0.534. The van der Waals surface area contributed by atoms with Gasteiger partial charge in [0.15, 0.2) is 8.32 Å². The summed E-state index contributed by atoms with van der Waals surface area (Å²) in [5.74, 6) is 0. The lowest BCUT2D eigenvalue weighted by Gasteiger charge is -2.38. The Hall–Kier alpha value is -0.224. The highest BCUT2D eigenvalue weighted by molar-refractivity contribution is 6.95. The maximum absolute atomic E-state index is 9.56. The van der Waals surface area contributed by atoms with E-state index >= 15 is 0 Å². The first-order chi connectivity index (χ1) is 9.34. The molecule has 8 heteroatoms. The molecule has 1 aromatic carbocycles. The second kappa shape index (κ2) is 6.49. The van der Waals surface area contributed by atoms with Gasteiger partial charge in [0.25, 0.3) is 0 Å². The molecular formula is C13H27BO4Si3. The molecule has 0 bridgehead atoms. The third kappa shape index (κ3) is 5.82. The van der Waals surface area contributed by atoms with Crippen LogP contribution in [0.25, 0.3) is 0 Å². The Labute approximate surface area is 131 Å². The summed E-state index contributed by atoms with van der Waals surface area (Å²) >= 11 is 0. The molecule has 4 nitrogen and oxygen atoms in total. The monoisotopic (exact) mass is 342 g/mol. The first-order valence-corrected chi connectivity index (χ1v) is 16.3. The van der Waals surface area contributed by atoms with Gasteiger partial charge in [-0.25, -0.2) is 0 Å². The summed E-state index contributed by atoms with van der Waals surface area (Å²) < 4.78 is 12.7. The van der Waals surface area contributed by atoms with Crippen LogP contribution in [0, 0.1) is 0 Å². The van der Waals surface area contributed by atoms with E-state index in [1.165, 1.54) is 0 Å². The van der Waals surface area contributed by atoms with Gasteiger partial charge in [0.05, 0.1) is 0 Å². The van der Waals surface area contributed by atoms with E-state index in [2.05, 4.69) is 45.8 Å². The minimum atomic E-state index is -2.28. The van der Waals surface area contributed by atoms with Crippen molar-refractivity contribution in [3.05, 3.63) is 24.3 Å². The molecule has 0 saturated heterocycles. The Bertz CT molecular complexity index is 487. The summed E-state index contributed by atoms with van der Waals surface area (Å²) in [6, 6.07) is 7.39. The molecule has 0 unspecified atom stereocenters. The third-order valence-corrected chi connectivity index (χ3v) is 13.1. The van der Waals surface area contributed by atoms with Crippen molar-refractivity contribution in [2.24, 2.45) is 0 Å². The first-order valence-electron chi connectivity index (χ1n) is 7.20. The highest BCUT2D eigenvalue weighted by atomic mass is 28.5.